The molecule has 1 amide bonds. The van der Waals surface area contributed by atoms with Crippen molar-refractivity contribution in [3.05, 3.63) is 0 Å². The molecule has 0 saturated heterocycles. The monoisotopic (exact) mass is 294 g/mol. The molecule has 7 heteroatoms. The predicted molar refractivity (Wildman–Crippen MR) is 72.3 cm³/mol. The average molecular weight is 294 g/mol. The standard InChI is InChI=1S/C12H20F2N2O2S/c1-11(2,3)18-10(17)16-9(19)15-8-4-6-12(13,14)7-5-8/h8H,4-7H2,1-3H3,(H2,15,16,17,19). The van der Waals surface area contributed by atoms with Crippen LogP contribution in [0.4, 0.5) is 13.6 Å². The van der Waals surface area contributed by atoms with E-state index in [1.165, 1.54) is 0 Å². The number of alkyl halides is 2. The Balaban J connectivity index is 2.30. The van der Waals surface area contributed by atoms with Gasteiger partial charge in [-0.15, -0.1) is 0 Å². The van der Waals surface area contributed by atoms with Gasteiger partial charge in [0.25, 0.3) is 0 Å². The number of nitrogens with one attached hydrogen (secondary N) is 2. The van der Waals surface area contributed by atoms with Crippen LogP contribution in [0.15, 0.2) is 0 Å². The van der Waals surface area contributed by atoms with Crippen molar-refractivity contribution in [3.8, 4) is 0 Å². The Morgan fingerprint density at radius 2 is 1.84 bits per heavy atom. The molecule has 0 aromatic carbocycles. The lowest BCUT2D eigenvalue weighted by Crippen LogP contribution is -2.47. The van der Waals surface area contributed by atoms with Crippen LogP contribution in [-0.4, -0.2) is 28.8 Å². The van der Waals surface area contributed by atoms with E-state index in [4.69, 9.17) is 17.0 Å². The van der Waals surface area contributed by atoms with Crippen LogP contribution in [0.1, 0.15) is 46.5 Å². The van der Waals surface area contributed by atoms with E-state index in [9.17, 15) is 13.6 Å². The fourth-order valence-electron chi connectivity index (χ4n) is 1.80. The van der Waals surface area contributed by atoms with E-state index in [0.29, 0.717) is 12.8 Å². The summed E-state index contributed by atoms with van der Waals surface area (Å²) in [6.45, 7) is 5.23. The van der Waals surface area contributed by atoms with Crippen molar-refractivity contribution in [1.82, 2.24) is 10.6 Å². The summed E-state index contributed by atoms with van der Waals surface area (Å²) >= 11 is 4.95. The molecule has 0 unspecified atom stereocenters. The number of amides is 1. The molecular weight excluding hydrogens is 274 g/mol. The first kappa shape index (κ1) is 16.1. The molecule has 110 valence electrons. The summed E-state index contributed by atoms with van der Waals surface area (Å²) in [5.74, 6) is -2.57. The smallest absolute Gasteiger partial charge is 0.413 e. The minimum Gasteiger partial charge on any atom is -0.444 e. The molecule has 1 rings (SSSR count). The molecule has 0 aromatic rings. The molecule has 4 nitrogen and oxygen atoms in total. The number of halogens is 2. The van der Waals surface area contributed by atoms with E-state index in [2.05, 4.69) is 10.6 Å². The van der Waals surface area contributed by atoms with Crippen molar-refractivity contribution < 1.29 is 18.3 Å². The van der Waals surface area contributed by atoms with E-state index in [1.54, 1.807) is 20.8 Å². The van der Waals surface area contributed by atoms with Gasteiger partial charge in [-0.3, -0.25) is 5.32 Å². The minimum atomic E-state index is -2.57. The molecule has 0 heterocycles. The topological polar surface area (TPSA) is 50.4 Å². The Morgan fingerprint density at radius 3 is 2.32 bits per heavy atom. The van der Waals surface area contributed by atoms with Gasteiger partial charge in [0, 0.05) is 18.9 Å². The van der Waals surface area contributed by atoms with Crippen molar-refractivity contribution in [1.29, 1.82) is 0 Å². The number of hydrogen-bond acceptors (Lipinski definition) is 3. The molecule has 0 spiro atoms. The highest BCUT2D eigenvalue weighted by molar-refractivity contribution is 7.80. The van der Waals surface area contributed by atoms with Crippen LogP contribution >= 0.6 is 12.2 Å². The number of carbonyl (C=O) groups is 1. The van der Waals surface area contributed by atoms with Gasteiger partial charge in [-0.1, -0.05) is 0 Å². The predicted octanol–water partition coefficient (Wildman–Crippen LogP) is 2.96. The lowest BCUT2D eigenvalue weighted by atomic mass is 9.92. The second-order valence-corrected chi connectivity index (χ2v) is 6.14. The van der Waals surface area contributed by atoms with Crippen molar-refractivity contribution >= 4 is 23.4 Å². The summed E-state index contributed by atoms with van der Waals surface area (Å²) < 4.78 is 31.0. The van der Waals surface area contributed by atoms with E-state index in [-0.39, 0.29) is 24.0 Å². The van der Waals surface area contributed by atoms with Gasteiger partial charge in [-0.25, -0.2) is 13.6 Å². The molecule has 0 atom stereocenters. The molecule has 1 saturated carbocycles. The maximum Gasteiger partial charge on any atom is 0.413 e. The summed E-state index contributed by atoms with van der Waals surface area (Å²) in [6, 6.07) is -0.123. The fourth-order valence-corrected chi connectivity index (χ4v) is 2.05. The van der Waals surface area contributed by atoms with Crippen LogP contribution in [0.5, 0.6) is 0 Å². The molecular formula is C12H20F2N2O2S. The molecule has 0 aromatic heterocycles. The highest BCUT2D eigenvalue weighted by Crippen LogP contribution is 2.32. The molecule has 0 aliphatic heterocycles. The summed E-state index contributed by atoms with van der Waals surface area (Å²) in [5, 5.41) is 5.35. The zero-order valence-electron chi connectivity index (χ0n) is 11.4. The number of rotatable bonds is 1. The van der Waals surface area contributed by atoms with Crippen LogP contribution < -0.4 is 10.6 Å². The second kappa shape index (κ2) is 5.98. The number of alkyl carbamates (subject to hydrolysis) is 1. The Bertz CT molecular complexity index is 346. The number of ether oxygens (including phenoxy) is 1. The number of hydrogen-bond donors (Lipinski definition) is 2. The van der Waals surface area contributed by atoms with Crippen molar-refractivity contribution in [2.75, 3.05) is 0 Å². The molecule has 2 N–H and O–H groups in total. The Hall–Kier alpha value is -0.980. The Kier molecular flexibility index (Phi) is 5.06. The third-order valence-corrected chi connectivity index (χ3v) is 2.89. The first-order valence-electron chi connectivity index (χ1n) is 6.26. The van der Waals surface area contributed by atoms with E-state index < -0.39 is 17.6 Å². The normalized spacial score (nSPS) is 19.6. The highest BCUT2D eigenvalue weighted by Gasteiger charge is 2.35. The quantitative estimate of drug-likeness (QED) is 0.730. The summed E-state index contributed by atoms with van der Waals surface area (Å²) in [4.78, 5) is 11.4. The lowest BCUT2D eigenvalue weighted by Gasteiger charge is -2.29. The maximum absolute atomic E-state index is 13.0. The molecule has 0 radical (unpaired) electrons. The highest BCUT2D eigenvalue weighted by atomic mass is 32.1. The van der Waals surface area contributed by atoms with Crippen molar-refractivity contribution in [3.63, 3.8) is 0 Å². The minimum absolute atomic E-state index is 0.115. The third-order valence-electron chi connectivity index (χ3n) is 2.67. The van der Waals surface area contributed by atoms with E-state index >= 15 is 0 Å². The number of carbonyl (C=O) groups excluding carboxylic acids is 1. The fraction of sp³-hybridized carbons (Fsp3) is 0.833. The van der Waals surface area contributed by atoms with Gasteiger partial charge in [0.1, 0.15) is 5.60 Å². The van der Waals surface area contributed by atoms with Gasteiger partial charge in [0.15, 0.2) is 5.11 Å². The summed E-state index contributed by atoms with van der Waals surface area (Å²) in [7, 11) is 0. The average Bonchev–Trinajstić information content (AvgIpc) is 2.18. The second-order valence-electron chi connectivity index (χ2n) is 5.73. The van der Waals surface area contributed by atoms with E-state index in [0.717, 1.165) is 0 Å². The summed E-state index contributed by atoms with van der Waals surface area (Å²) in [5.41, 5.74) is -0.605. The van der Waals surface area contributed by atoms with Crippen LogP contribution in [0.2, 0.25) is 0 Å². The Labute approximate surface area is 117 Å². The van der Waals surface area contributed by atoms with Crippen molar-refractivity contribution in [2.24, 2.45) is 0 Å². The van der Waals surface area contributed by atoms with Gasteiger partial charge < -0.3 is 10.1 Å². The zero-order chi connectivity index (χ0) is 14.7. The summed E-state index contributed by atoms with van der Waals surface area (Å²) in [6.07, 6.45) is -0.280. The third kappa shape index (κ3) is 6.66. The van der Waals surface area contributed by atoms with Crippen LogP contribution in [0.25, 0.3) is 0 Å². The van der Waals surface area contributed by atoms with Gasteiger partial charge in [-0.2, -0.15) is 0 Å². The largest absolute Gasteiger partial charge is 0.444 e. The van der Waals surface area contributed by atoms with Gasteiger partial charge in [0.2, 0.25) is 5.92 Å². The van der Waals surface area contributed by atoms with Crippen LogP contribution in [-0.2, 0) is 4.74 Å². The maximum atomic E-state index is 13.0. The molecule has 0 bridgehead atoms. The first-order chi connectivity index (χ1) is 8.57. The molecule has 1 fully saturated rings. The van der Waals surface area contributed by atoms with Crippen LogP contribution in [0, 0.1) is 0 Å². The van der Waals surface area contributed by atoms with Crippen LogP contribution in [0.3, 0.4) is 0 Å². The van der Waals surface area contributed by atoms with Crippen molar-refractivity contribution in [2.45, 2.75) is 64.0 Å². The van der Waals surface area contributed by atoms with Gasteiger partial charge >= 0.3 is 6.09 Å². The molecule has 19 heavy (non-hydrogen) atoms. The lowest BCUT2D eigenvalue weighted by molar-refractivity contribution is -0.0390. The number of thiocarbonyl (C=S) groups is 1. The Morgan fingerprint density at radius 1 is 1.32 bits per heavy atom. The van der Waals surface area contributed by atoms with E-state index in [1.807, 2.05) is 0 Å². The van der Waals surface area contributed by atoms with Gasteiger partial charge in [0.05, 0.1) is 0 Å². The first-order valence-corrected chi connectivity index (χ1v) is 6.66. The SMILES string of the molecule is CC(C)(C)OC(=O)NC(=S)NC1CCC(F)(F)CC1. The molecule has 1 aliphatic carbocycles. The van der Waals surface area contributed by atoms with Gasteiger partial charge in [-0.05, 0) is 45.8 Å². The zero-order valence-corrected chi connectivity index (χ0v) is 12.2. The molecule has 1 aliphatic rings.